The number of nitrogens with two attached hydrogens (primary N) is 2. The minimum atomic E-state index is -0.824. The Morgan fingerprint density at radius 3 is 2.72 bits per heavy atom. The number of nitrogens with one attached hydrogen (secondary N) is 1. The number of carbonyl (C=O) groups is 2. The van der Waals surface area contributed by atoms with E-state index in [4.69, 9.17) is 11.5 Å². The summed E-state index contributed by atoms with van der Waals surface area (Å²) in [5.74, 6) is -1.27. The van der Waals surface area contributed by atoms with Gasteiger partial charge in [0.1, 0.15) is 18.8 Å². The zero-order valence-corrected chi connectivity index (χ0v) is 10.7. The molecule has 0 saturated carbocycles. The molecule has 98 valence electrons. The van der Waals surface area contributed by atoms with Gasteiger partial charge >= 0.3 is 0 Å². The minimum Gasteiger partial charge on any atom is -0.398 e. The predicted octanol–water partition coefficient (Wildman–Crippen LogP) is -0.934. The van der Waals surface area contributed by atoms with Gasteiger partial charge in [-0.15, -0.1) is 11.3 Å². The first-order chi connectivity index (χ1) is 8.45. The molecule has 0 aliphatic rings. The molecule has 1 rings (SSSR count). The molecule has 0 saturated heterocycles. The Morgan fingerprint density at radius 1 is 1.61 bits per heavy atom. The van der Waals surface area contributed by atoms with Gasteiger partial charge in [0.25, 0.3) is 5.91 Å². The first kappa shape index (κ1) is 13.9. The molecule has 0 aliphatic carbocycles. The number of anilines is 1. The molecule has 0 fully saturated rings. The number of aromatic nitrogens is 1. The largest absolute Gasteiger partial charge is 0.398 e. The van der Waals surface area contributed by atoms with Crippen LogP contribution < -0.4 is 16.8 Å². The number of amides is 2. The minimum absolute atomic E-state index is 0.0708. The highest BCUT2D eigenvalue weighted by Gasteiger charge is 2.21. The molecule has 9 heteroatoms. The standard InChI is InChI=1S/C9H13N5O3S/c1-4(7(10)15)12-8(16)6(14-17-2)5-3-18-9(11)13-5/h3-4H,1-2H3,(H2,10,15)(H2,11,13)(H,12,16)/b14-6-/t4-/m1/s1. The van der Waals surface area contributed by atoms with Crippen molar-refractivity contribution < 1.29 is 14.4 Å². The summed E-state index contributed by atoms with van der Waals surface area (Å²) in [4.78, 5) is 31.2. The molecule has 1 heterocycles. The summed E-state index contributed by atoms with van der Waals surface area (Å²) in [6.45, 7) is 1.46. The molecule has 0 aliphatic heterocycles. The molecule has 0 radical (unpaired) electrons. The molecule has 0 spiro atoms. The lowest BCUT2D eigenvalue weighted by atomic mass is 10.2. The third-order valence-electron chi connectivity index (χ3n) is 1.94. The van der Waals surface area contributed by atoms with Crippen LogP contribution in [0.3, 0.4) is 0 Å². The van der Waals surface area contributed by atoms with Crippen LogP contribution in [0.25, 0.3) is 0 Å². The molecule has 0 bridgehead atoms. The highest BCUT2D eigenvalue weighted by atomic mass is 32.1. The summed E-state index contributed by atoms with van der Waals surface area (Å²) in [5.41, 5.74) is 10.7. The van der Waals surface area contributed by atoms with Crippen LogP contribution in [-0.4, -0.2) is 35.7 Å². The molecule has 8 nitrogen and oxygen atoms in total. The maximum atomic E-state index is 11.9. The Kier molecular flexibility index (Phi) is 4.60. The number of hydrogen-bond donors (Lipinski definition) is 3. The van der Waals surface area contributed by atoms with E-state index in [9.17, 15) is 9.59 Å². The van der Waals surface area contributed by atoms with E-state index in [1.165, 1.54) is 14.0 Å². The zero-order valence-electron chi connectivity index (χ0n) is 9.84. The molecular weight excluding hydrogens is 258 g/mol. The number of hydrogen-bond acceptors (Lipinski definition) is 7. The van der Waals surface area contributed by atoms with Gasteiger partial charge in [-0.3, -0.25) is 9.59 Å². The first-order valence-corrected chi connectivity index (χ1v) is 5.76. The van der Waals surface area contributed by atoms with Crippen molar-refractivity contribution >= 4 is 34.0 Å². The average Bonchev–Trinajstić information content (AvgIpc) is 2.72. The molecule has 2 amide bonds. The number of primary amides is 1. The number of oxime groups is 1. The van der Waals surface area contributed by atoms with Crippen molar-refractivity contribution in [1.29, 1.82) is 0 Å². The highest BCUT2D eigenvalue weighted by molar-refractivity contribution is 7.13. The van der Waals surface area contributed by atoms with E-state index in [1.54, 1.807) is 5.38 Å². The van der Waals surface area contributed by atoms with Crippen LogP contribution in [0.1, 0.15) is 12.6 Å². The van der Waals surface area contributed by atoms with Gasteiger partial charge in [-0.05, 0) is 6.92 Å². The van der Waals surface area contributed by atoms with Crippen LogP contribution in [0, 0.1) is 0 Å². The summed E-state index contributed by atoms with van der Waals surface area (Å²) < 4.78 is 0. The summed E-state index contributed by atoms with van der Waals surface area (Å²) in [5, 5.41) is 7.79. The molecule has 1 atom stereocenters. The van der Waals surface area contributed by atoms with Gasteiger partial charge in [-0.2, -0.15) is 0 Å². The number of carbonyl (C=O) groups excluding carboxylic acids is 2. The maximum Gasteiger partial charge on any atom is 0.276 e. The second-order valence-corrected chi connectivity index (χ2v) is 4.18. The van der Waals surface area contributed by atoms with E-state index >= 15 is 0 Å². The van der Waals surface area contributed by atoms with Crippen molar-refractivity contribution in [3.8, 4) is 0 Å². The third kappa shape index (κ3) is 3.42. The SMILES string of the molecule is CO/N=C(\C(=O)N[C@H](C)C(N)=O)c1csc(N)n1. The van der Waals surface area contributed by atoms with Gasteiger partial charge in [0, 0.05) is 5.38 Å². The van der Waals surface area contributed by atoms with Gasteiger partial charge in [0.05, 0.1) is 0 Å². The van der Waals surface area contributed by atoms with Gasteiger partial charge in [0.15, 0.2) is 10.8 Å². The summed E-state index contributed by atoms with van der Waals surface area (Å²) in [6, 6.07) is -0.824. The van der Waals surface area contributed by atoms with Crippen LogP contribution in [-0.2, 0) is 14.4 Å². The number of rotatable bonds is 5. The summed E-state index contributed by atoms with van der Waals surface area (Å²) in [6.07, 6.45) is 0. The van der Waals surface area contributed by atoms with Crippen LogP contribution in [0.5, 0.6) is 0 Å². The smallest absolute Gasteiger partial charge is 0.276 e. The Bertz CT molecular complexity index is 484. The highest BCUT2D eigenvalue weighted by Crippen LogP contribution is 2.12. The van der Waals surface area contributed by atoms with E-state index in [0.717, 1.165) is 11.3 Å². The topological polar surface area (TPSA) is 133 Å². The quantitative estimate of drug-likeness (QED) is 0.470. The molecule has 0 unspecified atom stereocenters. The van der Waals surface area contributed by atoms with Gasteiger partial charge < -0.3 is 21.6 Å². The van der Waals surface area contributed by atoms with Crippen molar-refractivity contribution in [3.05, 3.63) is 11.1 Å². The van der Waals surface area contributed by atoms with Crippen molar-refractivity contribution in [3.63, 3.8) is 0 Å². The van der Waals surface area contributed by atoms with Crippen molar-refractivity contribution in [1.82, 2.24) is 10.3 Å². The van der Waals surface area contributed by atoms with Gasteiger partial charge in [0.2, 0.25) is 5.91 Å². The Balaban J connectivity index is 2.90. The molecule has 1 aromatic rings. The summed E-state index contributed by atoms with van der Waals surface area (Å²) >= 11 is 1.16. The monoisotopic (exact) mass is 271 g/mol. The van der Waals surface area contributed by atoms with Crippen molar-refractivity contribution in [2.75, 3.05) is 12.8 Å². The Morgan fingerprint density at radius 2 is 2.28 bits per heavy atom. The lowest BCUT2D eigenvalue weighted by Crippen LogP contribution is -2.45. The van der Waals surface area contributed by atoms with Gasteiger partial charge in [-0.25, -0.2) is 4.98 Å². The Hall–Kier alpha value is -2.16. The average molecular weight is 271 g/mol. The normalized spacial score (nSPS) is 12.9. The molecule has 1 aromatic heterocycles. The van der Waals surface area contributed by atoms with Crippen LogP contribution in [0.15, 0.2) is 10.5 Å². The Labute approximate surface area is 107 Å². The molecular formula is C9H13N5O3S. The first-order valence-electron chi connectivity index (χ1n) is 4.88. The molecule has 5 N–H and O–H groups in total. The zero-order chi connectivity index (χ0) is 13.7. The predicted molar refractivity (Wildman–Crippen MR) is 66.9 cm³/mol. The summed E-state index contributed by atoms with van der Waals surface area (Å²) in [7, 11) is 1.29. The maximum absolute atomic E-state index is 11.9. The number of nitrogen functional groups attached to an aromatic ring is 1. The van der Waals surface area contributed by atoms with Crippen LogP contribution in [0.2, 0.25) is 0 Å². The van der Waals surface area contributed by atoms with Crippen molar-refractivity contribution in [2.45, 2.75) is 13.0 Å². The third-order valence-corrected chi connectivity index (χ3v) is 2.61. The van der Waals surface area contributed by atoms with Crippen molar-refractivity contribution in [2.24, 2.45) is 10.9 Å². The van der Waals surface area contributed by atoms with Gasteiger partial charge in [-0.1, -0.05) is 5.16 Å². The lowest BCUT2D eigenvalue weighted by Gasteiger charge is -2.10. The number of nitrogens with zero attached hydrogens (tertiary/aromatic N) is 2. The van der Waals surface area contributed by atoms with E-state index in [-0.39, 0.29) is 11.4 Å². The number of thiazole rings is 1. The van der Waals surface area contributed by atoms with E-state index in [1.807, 2.05) is 0 Å². The molecule has 0 aromatic carbocycles. The van der Waals surface area contributed by atoms with Crippen LogP contribution in [0.4, 0.5) is 5.13 Å². The van der Waals surface area contributed by atoms with E-state index in [0.29, 0.717) is 5.13 Å². The second kappa shape index (κ2) is 5.96. The van der Waals surface area contributed by atoms with E-state index in [2.05, 4.69) is 20.3 Å². The second-order valence-electron chi connectivity index (χ2n) is 3.29. The fourth-order valence-corrected chi connectivity index (χ4v) is 1.58. The molecule has 18 heavy (non-hydrogen) atoms. The van der Waals surface area contributed by atoms with E-state index < -0.39 is 17.9 Å². The fourth-order valence-electron chi connectivity index (χ4n) is 1.03. The van der Waals surface area contributed by atoms with Crippen LogP contribution >= 0.6 is 11.3 Å². The lowest BCUT2D eigenvalue weighted by molar-refractivity contribution is -0.123. The fraction of sp³-hybridized carbons (Fsp3) is 0.333.